The largest absolute Gasteiger partial charge is 0.508 e. The SMILES string of the molecule is O=P(O)(O)Sc1cccc(O)c1C(O)Cc1cccc(O)c1. The first-order chi connectivity index (χ1) is 10.3. The molecule has 2 aromatic carbocycles. The fraction of sp³-hybridized carbons (Fsp3) is 0.143. The van der Waals surface area contributed by atoms with Gasteiger partial charge in [-0.15, -0.1) is 0 Å². The Labute approximate surface area is 131 Å². The molecular weight excluding hydrogens is 327 g/mol. The quantitative estimate of drug-likeness (QED) is 0.530. The average molecular weight is 342 g/mol. The number of phenolic OH excluding ortho intramolecular Hbond substituents is 2. The second-order valence-electron chi connectivity index (χ2n) is 4.66. The standard InChI is InChI=1S/C14H15O6PS/c15-10-4-1-3-9(7-10)8-12(17)14-11(16)5-2-6-13(14)22-21(18,19)20/h1-7,12,15-17H,8H2,(H2,18,19,20). The molecule has 0 aromatic heterocycles. The molecule has 2 aromatic rings. The van der Waals surface area contributed by atoms with Crippen LogP contribution in [0, 0.1) is 0 Å². The first kappa shape index (κ1) is 16.9. The molecule has 1 unspecified atom stereocenters. The van der Waals surface area contributed by atoms with Crippen LogP contribution in [0.2, 0.25) is 0 Å². The number of rotatable bonds is 5. The maximum Gasteiger partial charge on any atom is 0.388 e. The molecule has 0 bridgehead atoms. The Hall–Kier alpha value is -1.50. The van der Waals surface area contributed by atoms with Crippen LogP contribution in [-0.4, -0.2) is 25.1 Å². The molecule has 118 valence electrons. The fourth-order valence-corrected chi connectivity index (χ4v) is 4.06. The van der Waals surface area contributed by atoms with Crippen LogP contribution in [0.4, 0.5) is 0 Å². The van der Waals surface area contributed by atoms with E-state index in [0.717, 1.165) is 0 Å². The second kappa shape index (κ2) is 6.73. The summed E-state index contributed by atoms with van der Waals surface area (Å²) in [5.41, 5.74) is 0.682. The second-order valence-corrected chi connectivity index (χ2v) is 8.24. The molecule has 0 aliphatic heterocycles. The van der Waals surface area contributed by atoms with Crippen molar-refractivity contribution in [2.45, 2.75) is 17.4 Å². The summed E-state index contributed by atoms with van der Waals surface area (Å²) in [5, 5.41) is 29.7. The van der Waals surface area contributed by atoms with Gasteiger partial charge in [-0.25, -0.2) is 4.57 Å². The predicted octanol–water partition coefficient (Wildman–Crippen LogP) is 2.56. The Morgan fingerprint density at radius 3 is 2.41 bits per heavy atom. The van der Waals surface area contributed by atoms with E-state index in [1.807, 2.05) is 0 Å². The highest BCUT2D eigenvalue weighted by molar-refractivity contribution is 8.54. The van der Waals surface area contributed by atoms with Crippen LogP contribution >= 0.6 is 18.2 Å². The summed E-state index contributed by atoms with van der Waals surface area (Å²) >= 11 is 0.281. The highest BCUT2D eigenvalue weighted by Crippen LogP contribution is 2.56. The van der Waals surface area contributed by atoms with E-state index in [9.17, 15) is 19.9 Å². The number of hydrogen-bond acceptors (Lipinski definition) is 5. The first-order valence-corrected chi connectivity index (χ1v) is 9.32. The third-order valence-electron chi connectivity index (χ3n) is 2.93. The summed E-state index contributed by atoms with van der Waals surface area (Å²) in [7, 11) is 0. The Balaban J connectivity index is 2.32. The Kier molecular flexibility index (Phi) is 5.16. The molecule has 0 saturated heterocycles. The highest BCUT2D eigenvalue weighted by Gasteiger charge is 2.23. The van der Waals surface area contributed by atoms with E-state index < -0.39 is 12.9 Å². The van der Waals surface area contributed by atoms with Crippen LogP contribution in [0.25, 0.3) is 0 Å². The van der Waals surface area contributed by atoms with E-state index in [1.165, 1.54) is 30.3 Å². The van der Waals surface area contributed by atoms with Crippen molar-refractivity contribution in [3.63, 3.8) is 0 Å². The molecule has 0 aliphatic rings. The van der Waals surface area contributed by atoms with E-state index in [4.69, 9.17) is 9.79 Å². The van der Waals surface area contributed by atoms with Crippen molar-refractivity contribution in [1.82, 2.24) is 0 Å². The van der Waals surface area contributed by atoms with Gasteiger partial charge in [-0.3, -0.25) is 0 Å². The van der Waals surface area contributed by atoms with Crippen LogP contribution < -0.4 is 0 Å². The lowest BCUT2D eigenvalue weighted by Gasteiger charge is -2.17. The number of hydrogen-bond donors (Lipinski definition) is 5. The molecule has 0 saturated carbocycles. The number of phenols is 2. The minimum absolute atomic E-state index is 0.0480. The van der Waals surface area contributed by atoms with E-state index >= 15 is 0 Å². The van der Waals surface area contributed by atoms with Gasteiger partial charge < -0.3 is 25.1 Å². The smallest absolute Gasteiger partial charge is 0.388 e. The van der Waals surface area contributed by atoms with Gasteiger partial charge in [-0.1, -0.05) is 18.2 Å². The summed E-state index contributed by atoms with van der Waals surface area (Å²) in [6.07, 6.45) is -1.09. The highest BCUT2D eigenvalue weighted by atomic mass is 32.7. The average Bonchev–Trinajstić information content (AvgIpc) is 2.36. The number of benzene rings is 2. The Bertz CT molecular complexity index is 714. The van der Waals surface area contributed by atoms with Crippen LogP contribution in [0.1, 0.15) is 17.2 Å². The maximum atomic E-state index is 11.2. The topological polar surface area (TPSA) is 118 Å². The van der Waals surface area contributed by atoms with Gasteiger partial charge >= 0.3 is 6.80 Å². The Morgan fingerprint density at radius 1 is 1.09 bits per heavy atom. The normalized spacial score (nSPS) is 13.0. The molecule has 0 radical (unpaired) electrons. The lowest BCUT2D eigenvalue weighted by Crippen LogP contribution is -2.04. The lowest BCUT2D eigenvalue weighted by molar-refractivity contribution is 0.171. The van der Waals surface area contributed by atoms with Gasteiger partial charge in [0.05, 0.1) is 6.10 Å². The Morgan fingerprint density at radius 2 is 1.77 bits per heavy atom. The van der Waals surface area contributed by atoms with Crippen molar-refractivity contribution in [2.24, 2.45) is 0 Å². The van der Waals surface area contributed by atoms with Gasteiger partial charge in [-0.2, -0.15) is 0 Å². The monoisotopic (exact) mass is 342 g/mol. The van der Waals surface area contributed by atoms with E-state index in [-0.39, 0.29) is 39.8 Å². The molecule has 0 heterocycles. The first-order valence-electron chi connectivity index (χ1n) is 6.29. The molecule has 5 N–H and O–H groups in total. The lowest BCUT2D eigenvalue weighted by atomic mass is 10.0. The van der Waals surface area contributed by atoms with E-state index in [0.29, 0.717) is 5.56 Å². The zero-order valence-electron chi connectivity index (χ0n) is 11.3. The summed E-state index contributed by atoms with van der Waals surface area (Å²) in [4.78, 5) is 18.3. The van der Waals surface area contributed by atoms with Gasteiger partial charge in [0, 0.05) is 16.9 Å². The number of aromatic hydroxyl groups is 2. The summed E-state index contributed by atoms with van der Waals surface area (Å²) in [6, 6.07) is 10.5. The molecule has 0 spiro atoms. The predicted molar refractivity (Wildman–Crippen MR) is 82.8 cm³/mol. The molecule has 0 amide bonds. The van der Waals surface area contributed by atoms with Gasteiger partial charge in [0.1, 0.15) is 11.5 Å². The third kappa shape index (κ3) is 4.50. The molecular formula is C14H15O6PS. The van der Waals surface area contributed by atoms with Crippen molar-refractivity contribution in [2.75, 3.05) is 0 Å². The van der Waals surface area contributed by atoms with E-state index in [2.05, 4.69) is 0 Å². The van der Waals surface area contributed by atoms with Gasteiger partial charge in [-0.05, 0) is 41.2 Å². The van der Waals surface area contributed by atoms with Crippen molar-refractivity contribution >= 4 is 18.2 Å². The zero-order chi connectivity index (χ0) is 16.3. The van der Waals surface area contributed by atoms with Crippen LogP contribution in [0.5, 0.6) is 11.5 Å². The molecule has 8 heteroatoms. The molecule has 2 rings (SSSR count). The summed E-state index contributed by atoms with van der Waals surface area (Å²) in [6.45, 7) is -4.41. The van der Waals surface area contributed by atoms with Crippen molar-refractivity contribution < 1.29 is 29.7 Å². The molecule has 22 heavy (non-hydrogen) atoms. The van der Waals surface area contributed by atoms with Gasteiger partial charge in [0.2, 0.25) is 0 Å². The fourth-order valence-electron chi connectivity index (χ4n) is 2.08. The minimum Gasteiger partial charge on any atom is -0.508 e. The minimum atomic E-state index is -4.41. The van der Waals surface area contributed by atoms with Crippen molar-refractivity contribution in [3.05, 3.63) is 53.6 Å². The van der Waals surface area contributed by atoms with Crippen LogP contribution in [0.3, 0.4) is 0 Å². The third-order valence-corrected chi connectivity index (χ3v) is 5.03. The van der Waals surface area contributed by atoms with Crippen LogP contribution in [-0.2, 0) is 11.0 Å². The summed E-state index contributed by atoms with van der Waals surface area (Å²) < 4.78 is 11.2. The zero-order valence-corrected chi connectivity index (χ0v) is 13.0. The van der Waals surface area contributed by atoms with E-state index in [1.54, 1.807) is 12.1 Å². The molecule has 0 fully saturated rings. The number of aliphatic hydroxyl groups is 1. The summed E-state index contributed by atoms with van der Waals surface area (Å²) in [5.74, 6) is -0.196. The van der Waals surface area contributed by atoms with Crippen molar-refractivity contribution in [3.8, 4) is 11.5 Å². The maximum absolute atomic E-state index is 11.2. The molecule has 1 atom stereocenters. The molecule has 0 aliphatic carbocycles. The van der Waals surface area contributed by atoms with Crippen molar-refractivity contribution in [1.29, 1.82) is 0 Å². The number of aliphatic hydroxyl groups excluding tert-OH is 1. The van der Waals surface area contributed by atoms with Crippen LogP contribution in [0.15, 0.2) is 47.4 Å². The van der Waals surface area contributed by atoms with Gasteiger partial charge in [0.15, 0.2) is 0 Å². The van der Waals surface area contributed by atoms with Gasteiger partial charge in [0.25, 0.3) is 0 Å². The molecule has 6 nitrogen and oxygen atoms in total.